The number of carboxylic acid groups (broad SMARTS) is 1. The molecule has 1 aliphatic rings. The van der Waals surface area contributed by atoms with E-state index in [9.17, 15) is 39.0 Å². The van der Waals surface area contributed by atoms with Gasteiger partial charge in [0.1, 0.15) is 5.75 Å². The summed E-state index contributed by atoms with van der Waals surface area (Å²) in [6.07, 6.45) is 4.37. The summed E-state index contributed by atoms with van der Waals surface area (Å²) in [7, 11) is 0. The van der Waals surface area contributed by atoms with Crippen LogP contribution in [0.25, 0.3) is 0 Å². The van der Waals surface area contributed by atoms with Crippen LogP contribution in [0.3, 0.4) is 0 Å². The lowest BCUT2D eigenvalue weighted by atomic mass is 9.85. The van der Waals surface area contributed by atoms with Gasteiger partial charge in [-0.3, -0.25) is 28.8 Å². The number of nitrogens with one attached hydrogen (secondary N) is 2. The SMILES string of the molecule is CCC(C)[C@H](NC(=O)[C@@H](CC(=O)[C@@H](N)C(C)C)Cc1ccc(O)cc1)C(=O)C[C@@H](Cc1cnc[nH]1)C(=O)N1CCC[C@H]1C(=O)C[C@@H](Cc1ccccc1)C(=O)O. The standard InChI is InChI=1S/C43H57N5O8/c1-5-27(4)40(47-41(53)30(21-37(51)39(44)26(2)3)18-29-13-15-34(49)16-14-29)38(52)22-31(20-33-24-45-25-46-33)42(54)48-17-9-12-35(48)36(50)23-32(43(55)56)19-28-10-7-6-8-11-28/h6-8,10-11,13-16,24-27,30-32,35,39-40,49H,5,9,12,17-23,44H2,1-4H3,(H,45,46)(H,47,53)(H,55,56)/t27?,30-,31-,32-,35+,39+,40+/m1/s1. The van der Waals surface area contributed by atoms with E-state index in [0.717, 1.165) is 11.1 Å². The van der Waals surface area contributed by atoms with E-state index in [4.69, 9.17) is 5.73 Å². The first-order valence-corrected chi connectivity index (χ1v) is 19.6. The van der Waals surface area contributed by atoms with Crippen LogP contribution in [-0.4, -0.2) is 84.9 Å². The maximum Gasteiger partial charge on any atom is 0.307 e. The predicted octanol–water partition coefficient (Wildman–Crippen LogP) is 4.46. The first kappa shape index (κ1) is 43.6. The lowest BCUT2D eigenvalue weighted by Gasteiger charge is -2.30. The molecule has 13 nitrogen and oxygen atoms in total. The smallest absolute Gasteiger partial charge is 0.307 e. The van der Waals surface area contributed by atoms with E-state index >= 15 is 0 Å². The number of imidazole rings is 1. The van der Waals surface area contributed by atoms with E-state index in [-0.39, 0.29) is 80.0 Å². The number of amides is 2. The zero-order chi connectivity index (χ0) is 40.9. The number of aromatic hydroxyl groups is 1. The van der Waals surface area contributed by atoms with Gasteiger partial charge in [-0.25, -0.2) is 4.98 Å². The van der Waals surface area contributed by atoms with Gasteiger partial charge < -0.3 is 31.1 Å². The first-order valence-electron chi connectivity index (χ1n) is 19.6. The maximum absolute atomic E-state index is 14.4. The third-order valence-electron chi connectivity index (χ3n) is 11.0. The van der Waals surface area contributed by atoms with Crippen LogP contribution >= 0.6 is 0 Å². The van der Waals surface area contributed by atoms with Crippen LogP contribution in [0.4, 0.5) is 0 Å². The van der Waals surface area contributed by atoms with Crippen molar-refractivity contribution in [1.82, 2.24) is 20.2 Å². The van der Waals surface area contributed by atoms with Gasteiger partial charge in [-0.2, -0.15) is 0 Å². The Morgan fingerprint density at radius 1 is 0.875 bits per heavy atom. The van der Waals surface area contributed by atoms with E-state index in [1.807, 2.05) is 58.0 Å². The molecule has 1 fully saturated rings. The van der Waals surface area contributed by atoms with Crippen LogP contribution < -0.4 is 11.1 Å². The van der Waals surface area contributed by atoms with Crippen molar-refractivity contribution < 1.29 is 39.0 Å². The summed E-state index contributed by atoms with van der Waals surface area (Å²) in [4.78, 5) is 90.5. The number of carbonyl (C=O) groups is 6. The van der Waals surface area contributed by atoms with Crippen molar-refractivity contribution in [2.24, 2.45) is 35.3 Å². The number of H-pyrrole nitrogens is 1. The number of nitrogens with two attached hydrogens (primary N) is 1. The van der Waals surface area contributed by atoms with Gasteiger partial charge in [0, 0.05) is 50.0 Å². The van der Waals surface area contributed by atoms with E-state index in [1.165, 1.54) is 23.4 Å². The molecule has 2 amide bonds. The van der Waals surface area contributed by atoms with Crippen LogP contribution in [0.2, 0.25) is 0 Å². The molecule has 13 heteroatoms. The van der Waals surface area contributed by atoms with Crippen LogP contribution in [0, 0.1) is 29.6 Å². The molecule has 2 heterocycles. The molecular weight excluding hydrogens is 714 g/mol. The molecule has 0 radical (unpaired) electrons. The quantitative estimate of drug-likeness (QED) is 0.0968. The van der Waals surface area contributed by atoms with E-state index in [1.54, 1.807) is 18.3 Å². The van der Waals surface area contributed by atoms with Gasteiger partial charge in [-0.05, 0) is 60.8 Å². The Morgan fingerprint density at radius 3 is 2.12 bits per heavy atom. The highest BCUT2D eigenvalue weighted by molar-refractivity contribution is 5.96. The molecule has 1 unspecified atom stereocenters. The fourth-order valence-electron chi connectivity index (χ4n) is 7.37. The van der Waals surface area contributed by atoms with Crippen molar-refractivity contribution in [2.45, 2.75) is 104 Å². The number of benzene rings is 2. The molecule has 0 bridgehead atoms. The zero-order valence-electron chi connectivity index (χ0n) is 32.9. The lowest BCUT2D eigenvalue weighted by molar-refractivity contribution is -0.146. The van der Waals surface area contributed by atoms with Gasteiger partial charge in [0.05, 0.1) is 36.3 Å². The zero-order valence-corrected chi connectivity index (χ0v) is 32.9. The number of phenols is 1. The number of nitrogens with zero attached hydrogens (tertiary/aromatic N) is 2. The van der Waals surface area contributed by atoms with Crippen molar-refractivity contribution in [1.29, 1.82) is 0 Å². The Morgan fingerprint density at radius 2 is 1.52 bits per heavy atom. The number of hydrogen-bond donors (Lipinski definition) is 5. The minimum atomic E-state index is -1.09. The van der Waals surface area contributed by atoms with Gasteiger partial charge in [0.15, 0.2) is 17.3 Å². The highest BCUT2D eigenvalue weighted by Gasteiger charge is 2.40. The summed E-state index contributed by atoms with van der Waals surface area (Å²) in [6, 6.07) is 12.9. The molecule has 0 saturated carbocycles. The van der Waals surface area contributed by atoms with Crippen molar-refractivity contribution in [3.05, 3.63) is 83.9 Å². The number of rotatable bonds is 22. The first-order chi connectivity index (χ1) is 26.7. The second-order valence-electron chi connectivity index (χ2n) is 15.6. The molecule has 6 N–H and O–H groups in total. The highest BCUT2D eigenvalue weighted by atomic mass is 16.4. The van der Waals surface area contributed by atoms with E-state index in [2.05, 4.69) is 15.3 Å². The van der Waals surface area contributed by atoms with Crippen LogP contribution in [0.5, 0.6) is 5.75 Å². The van der Waals surface area contributed by atoms with Crippen LogP contribution in [-0.2, 0) is 48.0 Å². The van der Waals surface area contributed by atoms with Gasteiger partial charge in [0.25, 0.3) is 0 Å². The molecular formula is C43H57N5O8. The number of hydrogen-bond acceptors (Lipinski definition) is 9. The number of aliphatic carboxylic acids is 1. The fourth-order valence-corrected chi connectivity index (χ4v) is 7.37. The number of likely N-dealkylation sites (tertiary alicyclic amines) is 1. The summed E-state index contributed by atoms with van der Waals surface area (Å²) in [5.41, 5.74) is 8.30. The fraction of sp³-hybridized carbons (Fsp3) is 0.512. The van der Waals surface area contributed by atoms with Gasteiger partial charge in [-0.15, -0.1) is 0 Å². The summed E-state index contributed by atoms with van der Waals surface area (Å²) in [6.45, 7) is 7.68. The Labute approximate surface area is 328 Å². The Bertz CT molecular complexity index is 1780. The number of aromatic amines is 1. The van der Waals surface area contributed by atoms with Crippen molar-refractivity contribution in [3.63, 3.8) is 0 Å². The molecule has 3 aromatic rings. The van der Waals surface area contributed by atoms with Gasteiger partial charge >= 0.3 is 5.97 Å². The Balaban J connectivity index is 1.55. The van der Waals surface area contributed by atoms with E-state index in [0.29, 0.717) is 25.0 Å². The summed E-state index contributed by atoms with van der Waals surface area (Å²) in [5.74, 6) is -6.08. The minimum absolute atomic E-state index is 0.0615. The minimum Gasteiger partial charge on any atom is -0.508 e. The maximum atomic E-state index is 14.4. The summed E-state index contributed by atoms with van der Waals surface area (Å²) < 4.78 is 0. The van der Waals surface area contributed by atoms with Gasteiger partial charge in [-0.1, -0.05) is 76.6 Å². The molecule has 2 aromatic carbocycles. The molecule has 4 rings (SSSR count). The predicted molar refractivity (Wildman–Crippen MR) is 210 cm³/mol. The normalized spacial score (nSPS) is 17.4. The van der Waals surface area contributed by atoms with Crippen molar-refractivity contribution >= 4 is 35.1 Å². The molecule has 1 aliphatic heterocycles. The summed E-state index contributed by atoms with van der Waals surface area (Å²) >= 11 is 0. The topological polar surface area (TPSA) is 213 Å². The summed E-state index contributed by atoms with van der Waals surface area (Å²) in [5, 5.41) is 22.7. The molecule has 1 aromatic heterocycles. The lowest BCUT2D eigenvalue weighted by Crippen LogP contribution is -2.50. The molecule has 56 heavy (non-hydrogen) atoms. The molecule has 302 valence electrons. The number of Topliss-reactive ketones (excluding diaryl/α,β-unsaturated/α-hetero) is 3. The number of aromatic nitrogens is 2. The van der Waals surface area contributed by atoms with Crippen LogP contribution in [0.15, 0.2) is 67.1 Å². The Hall–Kier alpha value is -5.17. The number of carboxylic acids is 1. The van der Waals surface area contributed by atoms with Gasteiger partial charge in [0.2, 0.25) is 11.8 Å². The third-order valence-corrected chi connectivity index (χ3v) is 11.0. The monoisotopic (exact) mass is 771 g/mol. The largest absolute Gasteiger partial charge is 0.508 e. The molecule has 0 spiro atoms. The number of carbonyl (C=O) groups excluding carboxylic acids is 5. The average Bonchev–Trinajstić information content (AvgIpc) is 3.89. The van der Waals surface area contributed by atoms with Crippen LogP contribution in [0.1, 0.15) is 83.0 Å². The Kier molecular flexibility index (Phi) is 16.1. The number of ketones is 3. The third kappa shape index (κ3) is 12.2. The van der Waals surface area contributed by atoms with Crippen molar-refractivity contribution in [2.75, 3.05) is 6.54 Å². The highest BCUT2D eigenvalue weighted by Crippen LogP contribution is 2.28. The second kappa shape index (κ2) is 20.7. The molecule has 0 aliphatic carbocycles. The van der Waals surface area contributed by atoms with Crippen molar-refractivity contribution in [3.8, 4) is 5.75 Å². The second-order valence-corrected chi connectivity index (χ2v) is 15.6. The molecule has 7 atom stereocenters. The average molecular weight is 772 g/mol. The van der Waals surface area contributed by atoms with E-state index < -0.39 is 53.7 Å². The number of phenolic OH excluding ortho intramolecular Hbond substituents is 1. The molecule has 1 saturated heterocycles.